The lowest BCUT2D eigenvalue weighted by Gasteiger charge is -2.08. The third-order valence-corrected chi connectivity index (χ3v) is 3.15. The van der Waals surface area contributed by atoms with Crippen molar-refractivity contribution in [3.8, 4) is 5.75 Å². The van der Waals surface area contributed by atoms with Crippen LogP contribution in [0.15, 0.2) is 54.7 Å². The van der Waals surface area contributed by atoms with Crippen molar-refractivity contribution in [3.05, 3.63) is 60.4 Å². The van der Waals surface area contributed by atoms with Gasteiger partial charge in [-0.3, -0.25) is 4.98 Å². The van der Waals surface area contributed by atoms with Crippen molar-refractivity contribution >= 4 is 33.9 Å². The predicted molar refractivity (Wildman–Crippen MR) is 83.0 cm³/mol. The van der Waals surface area contributed by atoms with Crippen molar-refractivity contribution in [1.82, 2.24) is 9.97 Å². The molecule has 98 valence electrons. The second kappa shape index (κ2) is 5.22. The number of pyridine rings is 2. The first-order valence-corrected chi connectivity index (χ1v) is 6.46. The second-order valence-corrected chi connectivity index (χ2v) is 4.62. The van der Waals surface area contributed by atoms with Crippen molar-refractivity contribution in [2.75, 3.05) is 5.32 Å². The van der Waals surface area contributed by atoms with Gasteiger partial charge in [-0.2, -0.15) is 0 Å². The number of benzene rings is 1. The van der Waals surface area contributed by atoms with E-state index in [1.54, 1.807) is 18.3 Å². The van der Waals surface area contributed by atoms with E-state index < -0.39 is 0 Å². The van der Waals surface area contributed by atoms with Gasteiger partial charge in [0.15, 0.2) is 0 Å². The molecule has 0 fully saturated rings. The maximum absolute atomic E-state index is 9.81. The van der Waals surface area contributed by atoms with Crippen molar-refractivity contribution in [2.45, 2.75) is 0 Å². The molecule has 1 aromatic carbocycles. The van der Waals surface area contributed by atoms with Crippen LogP contribution in [0, 0.1) is 0 Å². The lowest BCUT2D eigenvalue weighted by Crippen LogP contribution is -2.12. The number of hydrogen-bond acceptors (Lipinski definition) is 4. The van der Waals surface area contributed by atoms with Gasteiger partial charge in [0, 0.05) is 11.6 Å². The average molecular weight is 281 g/mol. The van der Waals surface area contributed by atoms with E-state index in [0.717, 1.165) is 5.39 Å². The van der Waals surface area contributed by atoms with E-state index in [-0.39, 0.29) is 5.75 Å². The minimum Gasteiger partial charge on any atom is -0.506 e. The van der Waals surface area contributed by atoms with E-state index in [4.69, 9.17) is 12.2 Å². The van der Waals surface area contributed by atoms with Crippen molar-refractivity contribution in [1.29, 1.82) is 0 Å². The zero-order valence-corrected chi connectivity index (χ0v) is 11.3. The summed E-state index contributed by atoms with van der Waals surface area (Å²) in [4.78, 5) is 9.03. The molecule has 3 aromatic rings. The van der Waals surface area contributed by atoms with Crippen LogP contribution in [0.25, 0.3) is 10.9 Å². The van der Waals surface area contributed by atoms with E-state index >= 15 is 0 Å². The normalized spacial score (nSPS) is 10.4. The van der Waals surface area contributed by atoms with Gasteiger partial charge < -0.3 is 10.4 Å². The van der Waals surface area contributed by atoms with Crippen LogP contribution in [-0.2, 0) is 0 Å². The zero-order valence-electron chi connectivity index (χ0n) is 10.4. The molecule has 3 rings (SSSR count). The van der Waals surface area contributed by atoms with E-state index in [1.807, 2.05) is 36.4 Å². The van der Waals surface area contributed by atoms with Crippen molar-refractivity contribution in [3.63, 3.8) is 0 Å². The van der Waals surface area contributed by atoms with Crippen molar-refractivity contribution in [2.24, 2.45) is 0 Å². The van der Waals surface area contributed by atoms with Gasteiger partial charge in [0.2, 0.25) is 0 Å². The number of rotatable bonds is 2. The first-order chi connectivity index (χ1) is 9.74. The Kier molecular flexibility index (Phi) is 3.26. The third kappa shape index (κ3) is 2.44. The van der Waals surface area contributed by atoms with Gasteiger partial charge in [-0.15, -0.1) is 0 Å². The van der Waals surface area contributed by atoms with Crippen LogP contribution >= 0.6 is 12.2 Å². The Labute approximate surface area is 121 Å². The summed E-state index contributed by atoms with van der Waals surface area (Å²) < 4.78 is 0. The lowest BCUT2D eigenvalue weighted by molar-refractivity contribution is 0.480. The minimum absolute atomic E-state index is 0.148. The van der Waals surface area contributed by atoms with Gasteiger partial charge >= 0.3 is 0 Å². The second-order valence-electron chi connectivity index (χ2n) is 4.21. The standard InChI is InChI=1S/C15H11N3OS/c19-12-6-3-4-10-7-8-13(17-14(10)12)18-15(20)11-5-1-2-9-16-11/h1-9,19H,(H,17,18,20). The summed E-state index contributed by atoms with van der Waals surface area (Å²) in [7, 11) is 0. The molecule has 20 heavy (non-hydrogen) atoms. The molecule has 0 unspecified atom stereocenters. The number of fused-ring (bicyclic) bond motifs is 1. The van der Waals surface area contributed by atoms with E-state index in [0.29, 0.717) is 22.0 Å². The van der Waals surface area contributed by atoms with Gasteiger partial charge in [0.05, 0.1) is 5.69 Å². The molecule has 0 aliphatic rings. The third-order valence-electron chi connectivity index (χ3n) is 2.84. The molecule has 5 heteroatoms. The molecule has 0 saturated heterocycles. The summed E-state index contributed by atoms with van der Waals surface area (Å²) in [5.41, 5.74) is 1.23. The Balaban J connectivity index is 1.92. The van der Waals surface area contributed by atoms with Gasteiger partial charge in [0.1, 0.15) is 22.1 Å². The molecular formula is C15H11N3OS. The largest absolute Gasteiger partial charge is 0.506 e. The maximum atomic E-state index is 9.81. The highest BCUT2D eigenvalue weighted by Crippen LogP contribution is 2.23. The summed E-state index contributed by atoms with van der Waals surface area (Å²) in [6.07, 6.45) is 1.68. The Hall–Kier alpha value is -2.53. The number of aromatic hydroxyl groups is 1. The Morgan fingerprint density at radius 3 is 2.75 bits per heavy atom. The van der Waals surface area contributed by atoms with E-state index in [9.17, 15) is 5.11 Å². The highest BCUT2D eigenvalue weighted by Gasteiger charge is 2.06. The quantitative estimate of drug-likeness (QED) is 0.707. The van der Waals surface area contributed by atoms with E-state index in [2.05, 4.69) is 15.3 Å². The highest BCUT2D eigenvalue weighted by atomic mass is 32.1. The first kappa shape index (κ1) is 12.5. The molecule has 0 bridgehead atoms. The summed E-state index contributed by atoms with van der Waals surface area (Å²) in [6, 6.07) is 14.5. The Morgan fingerprint density at radius 2 is 1.95 bits per heavy atom. The molecule has 0 radical (unpaired) electrons. The van der Waals surface area contributed by atoms with Crippen LogP contribution in [-0.4, -0.2) is 20.1 Å². The molecule has 0 aliphatic carbocycles. The molecule has 0 spiro atoms. The number of hydrogen-bond donors (Lipinski definition) is 2. The summed E-state index contributed by atoms with van der Waals surface area (Å²) >= 11 is 5.28. The highest BCUT2D eigenvalue weighted by molar-refractivity contribution is 7.81. The molecule has 2 heterocycles. The number of para-hydroxylation sites is 1. The van der Waals surface area contributed by atoms with Gasteiger partial charge in [0.25, 0.3) is 0 Å². The van der Waals surface area contributed by atoms with Crippen LogP contribution in [0.1, 0.15) is 5.69 Å². The van der Waals surface area contributed by atoms with Crippen LogP contribution in [0.2, 0.25) is 0 Å². The van der Waals surface area contributed by atoms with Crippen LogP contribution in [0.3, 0.4) is 0 Å². The number of nitrogens with zero attached hydrogens (tertiary/aromatic N) is 2. The minimum atomic E-state index is 0.148. The van der Waals surface area contributed by atoms with Crippen molar-refractivity contribution < 1.29 is 5.11 Å². The Bertz CT molecular complexity index is 774. The zero-order chi connectivity index (χ0) is 13.9. The number of aromatic nitrogens is 2. The fourth-order valence-electron chi connectivity index (χ4n) is 1.88. The average Bonchev–Trinajstić information content (AvgIpc) is 2.49. The summed E-state index contributed by atoms with van der Waals surface area (Å²) in [6.45, 7) is 0. The summed E-state index contributed by atoms with van der Waals surface area (Å²) in [5, 5.41) is 13.7. The molecule has 0 aliphatic heterocycles. The number of nitrogens with one attached hydrogen (secondary N) is 1. The molecule has 0 atom stereocenters. The topological polar surface area (TPSA) is 58.0 Å². The van der Waals surface area contributed by atoms with Crippen LogP contribution < -0.4 is 5.32 Å². The number of phenolic OH excluding ortho intramolecular Hbond substituents is 1. The fraction of sp³-hybridized carbons (Fsp3) is 0. The number of thiocarbonyl (C=S) groups is 1. The summed E-state index contributed by atoms with van der Waals surface area (Å²) in [5.74, 6) is 0.726. The predicted octanol–water partition coefficient (Wildman–Crippen LogP) is 3.12. The number of phenols is 1. The number of anilines is 1. The smallest absolute Gasteiger partial charge is 0.141 e. The SMILES string of the molecule is Oc1cccc2ccc(NC(=S)c3ccccn3)nc12. The molecule has 4 nitrogen and oxygen atoms in total. The lowest BCUT2D eigenvalue weighted by atomic mass is 10.2. The monoisotopic (exact) mass is 281 g/mol. The maximum Gasteiger partial charge on any atom is 0.141 e. The molecule has 0 saturated carbocycles. The molecular weight excluding hydrogens is 270 g/mol. The Morgan fingerprint density at radius 1 is 1.05 bits per heavy atom. The van der Waals surface area contributed by atoms with E-state index in [1.165, 1.54) is 0 Å². The van der Waals surface area contributed by atoms with Crippen LogP contribution in [0.5, 0.6) is 5.75 Å². The van der Waals surface area contributed by atoms with Gasteiger partial charge in [-0.25, -0.2) is 4.98 Å². The van der Waals surface area contributed by atoms with Gasteiger partial charge in [-0.1, -0.05) is 30.4 Å². The first-order valence-electron chi connectivity index (χ1n) is 6.05. The fourth-order valence-corrected chi connectivity index (χ4v) is 2.10. The van der Waals surface area contributed by atoms with Gasteiger partial charge in [-0.05, 0) is 30.3 Å². The molecule has 0 amide bonds. The molecule has 2 aromatic heterocycles. The van der Waals surface area contributed by atoms with Crippen LogP contribution in [0.4, 0.5) is 5.82 Å². The molecule has 2 N–H and O–H groups in total.